The van der Waals surface area contributed by atoms with Crippen molar-refractivity contribution in [1.29, 1.82) is 0 Å². The summed E-state index contributed by atoms with van der Waals surface area (Å²) in [6, 6.07) is 7.48. The largest absolute Gasteiger partial charge is 0.494 e. The fourth-order valence-electron chi connectivity index (χ4n) is 1.44. The number of carbonyl (C=O) groups excluding carboxylic acids is 1. The predicted molar refractivity (Wildman–Crippen MR) is 65.9 cm³/mol. The molecule has 0 saturated carbocycles. The molecule has 0 spiro atoms. The van der Waals surface area contributed by atoms with Crippen molar-refractivity contribution in [2.75, 3.05) is 13.7 Å². The van der Waals surface area contributed by atoms with E-state index >= 15 is 0 Å². The molecular formula is C13H19NO3. The lowest BCUT2D eigenvalue weighted by molar-refractivity contribution is -0.142. The summed E-state index contributed by atoms with van der Waals surface area (Å²) in [6.45, 7) is 4.98. The van der Waals surface area contributed by atoms with Crippen LogP contribution in [0.25, 0.3) is 0 Å². The second kappa shape index (κ2) is 6.91. The molecule has 0 heterocycles. The average molecular weight is 237 g/mol. The molecule has 1 aromatic carbocycles. The highest BCUT2D eigenvalue weighted by atomic mass is 16.5. The van der Waals surface area contributed by atoms with Crippen LogP contribution in [0.1, 0.15) is 19.4 Å². The van der Waals surface area contributed by atoms with Gasteiger partial charge in [-0.3, -0.25) is 4.79 Å². The van der Waals surface area contributed by atoms with Gasteiger partial charge in [-0.05, 0) is 31.5 Å². The van der Waals surface area contributed by atoms with E-state index in [0.717, 1.165) is 11.3 Å². The Bertz CT molecular complexity index is 365. The molecule has 94 valence electrons. The molecule has 0 aromatic heterocycles. The average Bonchev–Trinajstić information content (AvgIpc) is 2.36. The van der Waals surface area contributed by atoms with Gasteiger partial charge in [-0.15, -0.1) is 0 Å². The smallest absolute Gasteiger partial charge is 0.322 e. The standard InChI is InChI=1S/C13H19NO3/c1-4-17-12-7-5-6-11(8-12)9-14-10(2)13(15)16-3/h5-8,10,14H,4,9H2,1-3H3. The maximum absolute atomic E-state index is 11.2. The molecule has 0 aliphatic heterocycles. The van der Waals surface area contributed by atoms with Crippen LogP contribution in [0.4, 0.5) is 0 Å². The number of methoxy groups -OCH3 is 1. The minimum atomic E-state index is -0.309. The van der Waals surface area contributed by atoms with Gasteiger partial charge in [0.15, 0.2) is 0 Å². The molecule has 0 radical (unpaired) electrons. The lowest BCUT2D eigenvalue weighted by Gasteiger charge is -2.12. The Balaban J connectivity index is 2.51. The molecule has 0 aliphatic carbocycles. The van der Waals surface area contributed by atoms with Gasteiger partial charge in [0.05, 0.1) is 13.7 Å². The molecule has 1 rings (SSSR count). The van der Waals surface area contributed by atoms with E-state index in [4.69, 9.17) is 4.74 Å². The zero-order chi connectivity index (χ0) is 12.7. The summed E-state index contributed by atoms with van der Waals surface area (Å²) in [4.78, 5) is 11.2. The SMILES string of the molecule is CCOc1cccc(CNC(C)C(=O)OC)c1. The Kier molecular flexibility index (Phi) is 5.49. The highest BCUT2D eigenvalue weighted by Crippen LogP contribution is 2.13. The van der Waals surface area contributed by atoms with Crippen LogP contribution in [0.2, 0.25) is 0 Å². The highest BCUT2D eigenvalue weighted by Gasteiger charge is 2.11. The van der Waals surface area contributed by atoms with Gasteiger partial charge < -0.3 is 14.8 Å². The van der Waals surface area contributed by atoms with Crippen LogP contribution in [0.15, 0.2) is 24.3 Å². The fraction of sp³-hybridized carbons (Fsp3) is 0.462. The lowest BCUT2D eigenvalue weighted by Crippen LogP contribution is -2.34. The van der Waals surface area contributed by atoms with E-state index in [1.807, 2.05) is 31.2 Å². The summed E-state index contributed by atoms with van der Waals surface area (Å²) in [7, 11) is 1.39. The van der Waals surface area contributed by atoms with Gasteiger partial charge in [0.2, 0.25) is 0 Å². The number of ether oxygens (including phenoxy) is 2. The Morgan fingerprint density at radius 2 is 2.24 bits per heavy atom. The molecule has 0 aliphatic rings. The van der Waals surface area contributed by atoms with Gasteiger partial charge >= 0.3 is 5.97 Å². The second-order valence-electron chi connectivity index (χ2n) is 3.71. The van der Waals surface area contributed by atoms with Crippen LogP contribution in [-0.2, 0) is 16.1 Å². The van der Waals surface area contributed by atoms with Crippen molar-refractivity contribution in [3.63, 3.8) is 0 Å². The van der Waals surface area contributed by atoms with Crippen LogP contribution in [0.3, 0.4) is 0 Å². The molecule has 4 heteroatoms. The molecule has 0 fully saturated rings. The third-order valence-electron chi connectivity index (χ3n) is 2.38. The molecule has 17 heavy (non-hydrogen) atoms. The van der Waals surface area contributed by atoms with E-state index in [1.54, 1.807) is 6.92 Å². The summed E-state index contributed by atoms with van der Waals surface area (Å²) in [5, 5.41) is 3.09. The Labute approximate surface area is 102 Å². The van der Waals surface area contributed by atoms with Gasteiger partial charge in [-0.2, -0.15) is 0 Å². The number of hydrogen-bond acceptors (Lipinski definition) is 4. The minimum Gasteiger partial charge on any atom is -0.494 e. The molecule has 1 aromatic rings. The number of nitrogens with one attached hydrogen (secondary N) is 1. The highest BCUT2D eigenvalue weighted by molar-refractivity contribution is 5.75. The van der Waals surface area contributed by atoms with Crippen molar-refractivity contribution < 1.29 is 14.3 Å². The molecular weight excluding hydrogens is 218 g/mol. The third kappa shape index (κ3) is 4.44. The first-order valence-corrected chi connectivity index (χ1v) is 5.70. The van der Waals surface area contributed by atoms with Crippen molar-refractivity contribution >= 4 is 5.97 Å². The summed E-state index contributed by atoms with van der Waals surface area (Å²) in [5.74, 6) is 0.587. The monoisotopic (exact) mass is 237 g/mol. The molecule has 0 bridgehead atoms. The number of rotatable bonds is 6. The maximum atomic E-state index is 11.2. The van der Waals surface area contributed by atoms with Crippen LogP contribution < -0.4 is 10.1 Å². The van der Waals surface area contributed by atoms with Crippen molar-refractivity contribution in [3.05, 3.63) is 29.8 Å². The van der Waals surface area contributed by atoms with Crippen molar-refractivity contribution in [2.24, 2.45) is 0 Å². The van der Waals surface area contributed by atoms with Gasteiger partial charge in [0, 0.05) is 6.54 Å². The van der Waals surface area contributed by atoms with E-state index < -0.39 is 0 Å². The van der Waals surface area contributed by atoms with Crippen LogP contribution in [0, 0.1) is 0 Å². The van der Waals surface area contributed by atoms with Crippen molar-refractivity contribution in [1.82, 2.24) is 5.32 Å². The molecule has 0 saturated heterocycles. The zero-order valence-corrected chi connectivity index (χ0v) is 10.5. The second-order valence-corrected chi connectivity index (χ2v) is 3.71. The molecule has 1 N–H and O–H groups in total. The Hall–Kier alpha value is -1.55. The molecule has 1 unspecified atom stereocenters. The van der Waals surface area contributed by atoms with Gasteiger partial charge in [-0.25, -0.2) is 0 Å². The van der Waals surface area contributed by atoms with Crippen LogP contribution >= 0.6 is 0 Å². The van der Waals surface area contributed by atoms with E-state index in [0.29, 0.717) is 13.2 Å². The first kappa shape index (κ1) is 13.5. The number of esters is 1. The topological polar surface area (TPSA) is 47.6 Å². The predicted octanol–water partition coefficient (Wildman–Crippen LogP) is 1.74. The van der Waals surface area contributed by atoms with Crippen LogP contribution in [0.5, 0.6) is 5.75 Å². The lowest BCUT2D eigenvalue weighted by atomic mass is 10.2. The minimum absolute atomic E-state index is 0.258. The maximum Gasteiger partial charge on any atom is 0.322 e. The van der Waals surface area contributed by atoms with E-state index in [2.05, 4.69) is 10.1 Å². The molecule has 4 nitrogen and oxygen atoms in total. The third-order valence-corrected chi connectivity index (χ3v) is 2.38. The first-order valence-electron chi connectivity index (χ1n) is 5.70. The summed E-state index contributed by atoms with van der Waals surface area (Å²) < 4.78 is 10.0. The van der Waals surface area contributed by atoms with Gasteiger partial charge in [0.1, 0.15) is 11.8 Å². The summed E-state index contributed by atoms with van der Waals surface area (Å²) in [5.41, 5.74) is 1.08. The number of benzene rings is 1. The Morgan fingerprint density at radius 1 is 1.47 bits per heavy atom. The normalized spacial score (nSPS) is 11.9. The Morgan fingerprint density at radius 3 is 2.88 bits per heavy atom. The van der Waals surface area contributed by atoms with Gasteiger partial charge in [0.25, 0.3) is 0 Å². The van der Waals surface area contributed by atoms with Crippen molar-refractivity contribution in [3.8, 4) is 5.75 Å². The quantitative estimate of drug-likeness (QED) is 0.765. The summed E-state index contributed by atoms with van der Waals surface area (Å²) in [6.07, 6.45) is 0. The number of carbonyl (C=O) groups is 1. The van der Waals surface area contributed by atoms with E-state index in [1.165, 1.54) is 7.11 Å². The molecule has 0 amide bonds. The zero-order valence-electron chi connectivity index (χ0n) is 10.5. The van der Waals surface area contributed by atoms with Gasteiger partial charge in [-0.1, -0.05) is 12.1 Å². The fourth-order valence-corrected chi connectivity index (χ4v) is 1.44. The first-order chi connectivity index (χ1) is 8.17. The van der Waals surface area contributed by atoms with E-state index in [-0.39, 0.29) is 12.0 Å². The number of hydrogen-bond donors (Lipinski definition) is 1. The van der Waals surface area contributed by atoms with E-state index in [9.17, 15) is 4.79 Å². The molecule has 1 atom stereocenters. The van der Waals surface area contributed by atoms with Crippen molar-refractivity contribution in [2.45, 2.75) is 26.4 Å². The summed E-state index contributed by atoms with van der Waals surface area (Å²) >= 11 is 0. The van der Waals surface area contributed by atoms with Crippen LogP contribution in [-0.4, -0.2) is 25.7 Å².